The molecule has 0 saturated heterocycles. The van der Waals surface area contributed by atoms with Crippen LogP contribution in [-0.4, -0.2) is 44.1 Å². The van der Waals surface area contributed by atoms with Crippen LogP contribution in [0.3, 0.4) is 0 Å². The summed E-state index contributed by atoms with van der Waals surface area (Å²) in [6.07, 6.45) is 0. The average molecular weight is 391 g/mol. The Kier molecular flexibility index (Phi) is 4.66. The molecule has 1 aliphatic rings. The van der Waals surface area contributed by atoms with Gasteiger partial charge in [-0.2, -0.15) is 4.68 Å². The summed E-state index contributed by atoms with van der Waals surface area (Å²) in [6.45, 7) is 7.15. The van der Waals surface area contributed by atoms with Gasteiger partial charge >= 0.3 is 0 Å². The summed E-state index contributed by atoms with van der Waals surface area (Å²) in [5.74, 6) is 0.538. The summed E-state index contributed by atoms with van der Waals surface area (Å²) in [7, 11) is 0. The number of nitrogens with one attached hydrogen (secondary N) is 1. The molecule has 2 aromatic rings. The summed E-state index contributed by atoms with van der Waals surface area (Å²) in [4.78, 5) is 14.9. The number of allylic oxidation sites excluding steroid dienone is 1. The summed E-state index contributed by atoms with van der Waals surface area (Å²) in [6, 6.07) is 7.52. The van der Waals surface area contributed by atoms with E-state index in [9.17, 15) is 4.79 Å². The highest BCUT2D eigenvalue weighted by Gasteiger charge is 2.35. The van der Waals surface area contributed by atoms with E-state index in [2.05, 4.69) is 36.8 Å². The van der Waals surface area contributed by atoms with E-state index >= 15 is 0 Å². The fraction of sp³-hybridized carbons (Fsp3) is 0.375. The zero-order valence-corrected chi connectivity index (χ0v) is 15.4. The first-order valence-electron chi connectivity index (χ1n) is 7.87. The highest BCUT2D eigenvalue weighted by Crippen LogP contribution is 2.35. The molecule has 1 aromatic heterocycles. The van der Waals surface area contributed by atoms with E-state index < -0.39 is 0 Å². The number of hydrogen-bond acceptors (Lipinski definition) is 5. The first kappa shape index (κ1) is 16.6. The lowest BCUT2D eigenvalue weighted by Crippen LogP contribution is -2.38. The highest BCUT2D eigenvalue weighted by atomic mass is 79.9. The zero-order chi connectivity index (χ0) is 17.3. The Morgan fingerprint density at radius 3 is 2.58 bits per heavy atom. The summed E-state index contributed by atoms with van der Waals surface area (Å²) in [5.41, 5.74) is 2.41. The summed E-state index contributed by atoms with van der Waals surface area (Å²) in [5, 5.41) is 15.0. The molecular weight excluding hydrogens is 372 g/mol. The molecule has 3 rings (SSSR count). The number of rotatable bonds is 4. The van der Waals surface area contributed by atoms with Gasteiger partial charge in [-0.25, -0.2) is 0 Å². The van der Waals surface area contributed by atoms with Gasteiger partial charge in [0.15, 0.2) is 0 Å². The fourth-order valence-electron chi connectivity index (χ4n) is 2.92. The van der Waals surface area contributed by atoms with E-state index in [-0.39, 0.29) is 11.9 Å². The minimum absolute atomic E-state index is 0.000862. The first-order chi connectivity index (χ1) is 11.6. The minimum atomic E-state index is -0.350. The van der Waals surface area contributed by atoms with Gasteiger partial charge in [0.05, 0.1) is 5.57 Å². The number of benzene rings is 1. The summed E-state index contributed by atoms with van der Waals surface area (Å²) < 4.78 is 2.64. The number of fused-ring (bicyclic) bond motifs is 1. The molecule has 24 heavy (non-hydrogen) atoms. The van der Waals surface area contributed by atoms with Crippen molar-refractivity contribution in [3.05, 3.63) is 45.6 Å². The smallest absolute Gasteiger partial charge is 0.254 e. The third kappa shape index (κ3) is 2.82. The van der Waals surface area contributed by atoms with Crippen LogP contribution in [0.15, 0.2) is 40.0 Å². The van der Waals surface area contributed by atoms with Crippen LogP contribution >= 0.6 is 15.9 Å². The molecule has 7 nitrogen and oxygen atoms in total. The molecule has 126 valence electrons. The molecule has 1 aromatic carbocycles. The number of carbonyl (C=O) groups excluding carboxylic acids is 1. The number of aromatic nitrogens is 4. The number of amides is 1. The van der Waals surface area contributed by atoms with Gasteiger partial charge in [-0.1, -0.05) is 33.2 Å². The number of tetrazole rings is 1. The maximum absolute atomic E-state index is 13.1. The van der Waals surface area contributed by atoms with Gasteiger partial charge < -0.3 is 10.2 Å². The van der Waals surface area contributed by atoms with Crippen molar-refractivity contribution in [2.75, 3.05) is 18.4 Å². The highest BCUT2D eigenvalue weighted by molar-refractivity contribution is 9.10. The number of anilines is 1. The predicted octanol–water partition coefficient (Wildman–Crippen LogP) is 2.59. The molecule has 1 amide bonds. The average Bonchev–Trinajstić information content (AvgIpc) is 3.03. The number of halogens is 1. The molecule has 8 heteroatoms. The Balaban J connectivity index is 2.13. The van der Waals surface area contributed by atoms with Crippen LogP contribution in [0.2, 0.25) is 0 Å². The molecule has 0 aliphatic carbocycles. The third-order valence-corrected chi connectivity index (χ3v) is 4.71. The Labute approximate surface area is 148 Å². The lowest BCUT2D eigenvalue weighted by molar-refractivity contribution is -0.127. The summed E-state index contributed by atoms with van der Waals surface area (Å²) >= 11 is 3.45. The van der Waals surface area contributed by atoms with Crippen LogP contribution in [0, 0.1) is 0 Å². The van der Waals surface area contributed by atoms with E-state index in [1.807, 2.05) is 49.9 Å². The molecule has 1 atom stereocenters. The molecule has 0 saturated carbocycles. The van der Waals surface area contributed by atoms with Crippen molar-refractivity contribution in [1.82, 2.24) is 25.1 Å². The van der Waals surface area contributed by atoms with Gasteiger partial charge in [-0.15, -0.1) is 0 Å². The number of hydrogen-bond donors (Lipinski definition) is 1. The maximum atomic E-state index is 13.1. The third-order valence-electron chi connectivity index (χ3n) is 4.18. The molecule has 0 bridgehead atoms. The normalized spacial score (nSPS) is 16.6. The van der Waals surface area contributed by atoms with Crippen LogP contribution in [0.25, 0.3) is 0 Å². The zero-order valence-electron chi connectivity index (χ0n) is 13.8. The van der Waals surface area contributed by atoms with Crippen molar-refractivity contribution < 1.29 is 4.79 Å². The number of likely N-dealkylation sites (N-methyl/N-ethyl adjacent to an activating group) is 1. The van der Waals surface area contributed by atoms with Crippen LogP contribution in [0.4, 0.5) is 5.95 Å². The van der Waals surface area contributed by atoms with Crippen LogP contribution < -0.4 is 5.32 Å². The lowest BCUT2D eigenvalue weighted by Gasteiger charge is -2.31. The van der Waals surface area contributed by atoms with Gasteiger partial charge in [0.25, 0.3) is 5.91 Å². The lowest BCUT2D eigenvalue weighted by atomic mass is 9.94. The molecule has 2 heterocycles. The second-order valence-electron chi connectivity index (χ2n) is 5.54. The number of carbonyl (C=O) groups is 1. The van der Waals surface area contributed by atoms with E-state index in [4.69, 9.17) is 0 Å². The fourth-order valence-corrected chi connectivity index (χ4v) is 3.19. The van der Waals surface area contributed by atoms with Crippen molar-refractivity contribution in [1.29, 1.82) is 0 Å². The van der Waals surface area contributed by atoms with Crippen molar-refractivity contribution >= 4 is 27.8 Å². The Hall–Kier alpha value is -2.22. The van der Waals surface area contributed by atoms with Gasteiger partial charge in [-0.3, -0.25) is 4.79 Å². The predicted molar refractivity (Wildman–Crippen MR) is 94.3 cm³/mol. The molecule has 1 unspecified atom stereocenters. The minimum Gasteiger partial charge on any atom is -0.339 e. The quantitative estimate of drug-likeness (QED) is 0.867. The molecule has 1 N–H and O–H groups in total. The number of nitrogens with zero attached hydrogens (tertiary/aromatic N) is 5. The molecule has 0 fully saturated rings. The molecule has 0 spiro atoms. The standard InChI is InChI=1S/C16H19BrN6O/c1-4-22(5-2)15(24)13-10(3)18-16-19-20-21-23(16)14(13)11-6-8-12(17)9-7-11/h6-9,14H,4-5H2,1-3H3,(H,18,19,21). The topological polar surface area (TPSA) is 75.9 Å². The van der Waals surface area contributed by atoms with Crippen LogP contribution in [-0.2, 0) is 4.79 Å². The van der Waals surface area contributed by atoms with Crippen LogP contribution in [0.5, 0.6) is 0 Å². The first-order valence-corrected chi connectivity index (χ1v) is 8.66. The van der Waals surface area contributed by atoms with E-state index in [1.54, 1.807) is 4.68 Å². The molecular formula is C16H19BrN6O. The molecule has 0 radical (unpaired) electrons. The Morgan fingerprint density at radius 2 is 1.96 bits per heavy atom. The van der Waals surface area contributed by atoms with Crippen LogP contribution in [0.1, 0.15) is 32.4 Å². The van der Waals surface area contributed by atoms with Gasteiger partial charge in [0, 0.05) is 23.3 Å². The van der Waals surface area contributed by atoms with Crippen molar-refractivity contribution in [3.63, 3.8) is 0 Å². The van der Waals surface area contributed by atoms with E-state index in [1.165, 1.54) is 0 Å². The molecule has 1 aliphatic heterocycles. The van der Waals surface area contributed by atoms with Gasteiger partial charge in [-0.05, 0) is 48.9 Å². The van der Waals surface area contributed by atoms with E-state index in [0.717, 1.165) is 15.7 Å². The second kappa shape index (κ2) is 6.72. The van der Waals surface area contributed by atoms with E-state index in [0.29, 0.717) is 24.6 Å². The van der Waals surface area contributed by atoms with Gasteiger partial charge in [0.1, 0.15) is 6.04 Å². The Morgan fingerprint density at radius 1 is 1.29 bits per heavy atom. The van der Waals surface area contributed by atoms with Gasteiger partial charge in [0.2, 0.25) is 5.95 Å². The van der Waals surface area contributed by atoms with Crippen molar-refractivity contribution in [2.45, 2.75) is 26.8 Å². The largest absolute Gasteiger partial charge is 0.339 e. The van der Waals surface area contributed by atoms with Crippen molar-refractivity contribution in [2.24, 2.45) is 0 Å². The monoisotopic (exact) mass is 390 g/mol. The SMILES string of the molecule is CCN(CC)C(=O)C1=C(C)Nc2nnnn2C1c1ccc(Br)cc1. The second-order valence-corrected chi connectivity index (χ2v) is 6.46. The Bertz CT molecular complexity index is 778. The van der Waals surface area contributed by atoms with Crippen molar-refractivity contribution in [3.8, 4) is 0 Å². The maximum Gasteiger partial charge on any atom is 0.254 e.